The minimum Gasteiger partial charge on any atom is -0.469 e. The smallest absolute Gasteiger partial charge is 0.305 e. The normalized spacial score (nSPS) is 29.1. The molecule has 0 aromatic carbocycles. The molecule has 2 heterocycles. The van der Waals surface area contributed by atoms with Crippen molar-refractivity contribution in [3.8, 4) is 0 Å². The zero-order valence-corrected chi connectivity index (χ0v) is 12.7. The summed E-state index contributed by atoms with van der Waals surface area (Å²) in [5.74, 6) is 1.20. The van der Waals surface area contributed by atoms with Crippen LogP contribution in [0.3, 0.4) is 0 Å². The molecule has 4 nitrogen and oxygen atoms in total. The summed E-state index contributed by atoms with van der Waals surface area (Å²) in [6, 6.07) is 0.705. The van der Waals surface area contributed by atoms with Crippen molar-refractivity contribution in [1.29, 1.82) is 0 Å². The van der Waals surface area contributed by atoms with Crippen molar-refractivity contribution < 1.29 is 9.53 Å². The number of esters is 1. The van der Waals surface area contributed by atoms with E-state index in [1.807, 2.05) is 6.20 Å². The molecular formula is C15H22N2O2S. The average molecular weight is 294 g/mol. The highest BCUT2D eigenvalue weighted by Gasteiger charge is 2.39. The number of aromatic nitrogens is 1. The molecule has 2 aliphatic rings. The topological polar surface area (TPSA) is 51.2 Å². The van der Waals surface area contributed by atoms with Crippen LogP contribution in [0.2, 0.25) is 0 Å². The Morgan fingerprint density at radius 2 is 2.35 bits per heavy atom. The van der Waals surface area contributed by atoms with Crippen LogP contribution in [0.1, 0.15) is 47.9 Å². The van der Waals surface area contributed by atoms with E-state index in [1.54, 1.807) is 11.3 Å². The van der Waals surface area contributed by atoms with Gasteiger partial charge in [0, 0.05) is 29.6 Å². The first-order valence-corrected chi connectivity index (χ1v) is 8.34. The van der Waals surface area contributed by atoms with E-state index in [9.17, 15) is 4.79 Å². The maximum absolute atomic E-state index is 11.2. The zero-order valence-electron chi connectivity index (χ0n) is 11.9. The Kier molecular flexibility index (Phi) is 4.36. The number of thiazole rings is 1. The van der Waals surface area contributed by atoms with Crippen molar-refractivity contribution >= 4 is 17.3 Å². The van der Waals surface area contributed by atoms with Crippen molar-refractivity contribution in [3.63, 3.8) is 0 Å². The Morgan fingerprint density at radius 1 is 1.50 bits per heavy atom. The quantitative estimate of drug-likeness (QED) is 0.867. The van der Waals surface area contributed by atoms with Crippen LogP contribution in [0, 0.1) is 5.92 Å². The van der Waals surface area contributed by atoms with Gasteiger partial charge in [-0.25, -0.2) is 4.98 Å². The van der Waals surface area contributed by atoms with E-state index in [0.717, 1.165) is 18.9 Å². The molecule has 110 valence electrons. The predicted octanol–water partition coefficient (Wildman–Crippen LogP) is 2.49. The molecule has 1 aliphatic heterocycles. The fourth-order valence-electron chi connectivity index (χ4n) is 3.53. The zero-order chi connectivity index (χ0) is 13.9. The number of ether oxygens (including phenoxy) is 1. The Bertz CT molecular complexity index is 474. The van der Waals surface area contributed by atoms with E-state index in [0.29, 0.717) is 18.4 Å². The molecule has 1 aromatic rings. The van der Waals surface area contributed by atoms with E-state index in [1.165, 1.54) is 42.7 Å². The molecule has 1 aromatic heterocycles. The van der Waals surface area contributed by atoms with E-state index in [4.69, 9.17) is 0 Å². The molecule has 3 unspecified atom stereocenters. The maximum Gasteiger partial charge on any atom is 0.305 e. The fourth-order valence-corrected chi connectivity index (χ4v) is 4.62. The van der Waals surface area contributed by atoms with Gasteiger partial charge in [0.25, 0.3) is 0 Å². The molecular weight excluding hydrogens is 272 g/mol. The Labute approximate surface area is 123 Å². The monoisotopic (exact) mass is 294 g/mol. The Morgan fingerprint density at radius 3 is 3.20 bits per heavy atom. The standard InChI is InChI=1S/C15H22N2O2S/c1-19-14(18)7-6-10-8-17-15(20-10)12-9-16-13-5-3-2-4-11(12)13/h8,11-13,16H,2-7,9H2,1H3. The van der Waals surface area contributed by atoms with Crippen molar-refractivity contribution in [1.82, 2.24) is 10.3 Å². The molecule has 1 saturated heterocycles. The van der Waals surface area contributed by atoms with Gasteiger partial charge in [0.15, 0.2) is 0 Å². The van der Waals surface area contributed by atoms with Crippen molar-refractivity contribution in [3.05, 3.63) is 16.1 Å². The summed E-state index contributed by atoms with van der Waals surface area (Å²) in [5.41, 5.74) is 0. The van der Waals surface area contributed by atoms with Gasteiger partial charge in [0.2, 0.25) is 0 Å². The van der Waals surface area contributed by atoms with Crippen LogP contribution in [0.5, 0.6) is 0 Å². The molecule has 0 amide bonds. The highest BCUT2D eigenvalue weighted by molar-refractivity contribution is 7.11. The number of rotatable bonds is 4. The van der Waals surface area contributed by atoms with Crippen molar-refractivity contribution in [2.45, 2.75) is 50.5 Å². The molecule has 0 spiro atoms. The van der Waals surface area contributed by atoms with E-state index in [2.05, 4.69) is 15.0 Å². The van der Waals surface area contributed by atoms with Gasteiger partial charge in [0.05, 0.1) is 18.5 Å². The van der Waals surface area contributed by atoms with E-state index in [-0.39, 0.29) is 5.97 Å². The summed E-state index contributed by atoms with van der Waals surface area (Å²) < 4.78 is 4.68. The summed E-state index contributed by atoms with van der Waals surface area (Å²) in [4.78, 5) is 17.0. The van der Waals surface area contributed by atoms with Crippen LogP contribution < -0.4 is 5.32 Å². The van der Waals surface area contributed by atoms with Gasteiger partial charge in [-0.1, -0.05) is 12.8 Å². The average Bonchev–Trinajstić information content (AvgIpc) is 3.10. The van der Waals surface area contributed by atoms with Gasteiger partial charge in [-0.05, 0) is 25.2 Å². The maximum atomic E-state index is 11.2. The predicted molar refractivity (Wildman–Crippen MR) is 78.9 cm³/mol. The van der Waals surface area contributed by atoms with Crippen LogP contribution in [-0.2, 0) is 16.0 Å². The van der Waals surface area contributed by atoms with Crippen LogP contribution in [0.25, 0.3) is 0 Å². The van der Waals surface area contributed by atoms with Crippen LogP contribution in [0.4, 0.5) is 0 Å². The number of hydrogen-bond acceptors (Lipinski definition) is 5. The van der Waals surface area contributed by atoms with Crippen molar-refractivity contribution in [2.75, 3.05) is 13.7 Å². The summed E-state index contributed by atoms with van der Waals surface area (Å²) in [6.45, 7) is 1.07. The number of nitrogens with zero attached hydrogens (tertiary/aromatic N) is 1. The van der Waals surface area contributed by atoms with E-state index >= 15 is 0 Å². The third kappa shape index (κ3) is 2.88. The third-order valence-corrected chi connectivity index (χ3v) is 5.82. The number of aryl methyl sites for hydroxylation is 1. The third-order valence-electron chi connectivity index (χ3n) is 4.63. The Hall–Kier alpha value is -0.940. The second kappa shape index (κ2) is 6.22. The lowest BCUT2D eigenvalue weighted by molar-refractivity contribution is -0.140. The highest BCUT2D eigenvalue weighted by Crippen LogP contribution is 2.41. The van der Waals surface area contributed by atoms with Gasteiger partial charge in [-0.3, -0.25) is 4.79 Å². The minimum absolute atomic E-state index is 0.144. The first kappa shape index (κ1) is 14.0. The fraction of sp³-hybridized carbons (Fsp3) is 0.733. The van der Waals surface area contributed by atoms with Gasteiger partial charge >= 0.3 is 5.97 Å². The first-order chi connectivity index (χ1) is 9.78. The molecule has 20 heavy (non-hydrogen) atoms. The summed E-state index contributed by atoms with van der Waals surface area (Å²) in [5, 5.41) is 4.92. The molecule has 1 saturated carbocycles. The molecule has 0 bridgehead atoms. The number of fused-ring (bicyclic) bond motifs is 1. The van der Waals surface area contributed by atoms with E-state index < -0.39 is 0 Å². The van der Waals surface area contributed by atoms with Gasteiger partial charge in [0.1, 0.15) is 0 Å². The number of hydrogen-bond donors (Lipinski definition) is 1. The molecule has 3 rings (SSSR count). The van der Waals surface area contributed by atoms with Gasteiger partial charge < -0.3 is 10.1 Å². The largest absolute Gasteiger partial charge is 0.469 e. The number of carbonyl (C=O) groups is 1. The number of methoxy groups -OCH3 is 1. The summed E-state index contributed by atoms with van der Waals surface area (Å²) in [7, 11) is 1.44. The van der Waals surface area contributed by atoms with Crippen LogP contribution in [0.15, 0.2) is 6.20 Å². The molecule has 1 N–H and O–H groups in total. The van der Waals surface area contributed by atoms with Crippen molar-refractivity contribution in [2.24, 2.45) is 5.92 Å². The first-order valence-electron chi connectivity index (χ1n) is 7.52. The molecule has 0 radical (unpaired) electrons. The summed E-state index contributed by atoms with van der Waals surface area (Å²) in [6.07, 6.45) is 8.52. The molecule has 5 heteroatoms. The van der Waals surface area contributed by atoms with Gasteiger partial charge in [-0.2, -0.15) is 0 Å². The lowest BCUT2D eigenvalue weighted by Crippen LogP contribution is -2.29. The SMILES string of the molecule is COC(=O)CCc1cnc(C2CNC3CCCCC32)s1. The Balaban J connectivity index is 1.63. The summed E-state index contributed by atoms with van der Waals surface area (Å²) >= 11 is 1.78. The van der Waals surface area contributed by atoms with Crippen LogP contribution in [-0.4, -0.2) is 30.6 Å². The van der Waals surface area contributed by atoms with Crippen LogP contribution >= 0.6 is 11.3 Å². The molecule has 1 aliphatic carbocycles. The highest BCUT2D eigenvalue weighted by atomic mass is 32.1. The molecule has 3 atom stereocenters. The number of carbonyl (C=O) groups excluding carboxylic acids is 1. The van der Waals surface area contributed by atoms with Gasteiger partial charge in [-0.15, -0.1) is 11.3 Å². The minimum atomic E-state index is -0.144. The number of nitrogens with one attached hydrogen (secondary N) is 1. The molecule has 2 fully saturated rings. The lowest BCUT2D eigenvalue weighted by Gasteiger charge is -2.27. The second-order valence-corrected chi connectivity index (χ2v) is 6.96. The second-order valence-electron chi connectivity index (χ2n) is 5.81. The lowest BCUT2D eigenvalue weighted by atomic mass is 9.80.